The molecular formula is C27H50N2O3Si. The zero-order valence-corrected chi connectivity index (χ0v) is 22.5. The highest BCUT2D eigenvalue weighted by molar-refractivity contribution is 6.76. The smallest absolute Gasteiger partial charge is 0.251 e. The van der Waals surface area contributed by atoms with E-state index in [9.17, 15) is 9.90 Å². The summed E-state index contributed by atoms with van der Waals surface area (Å²) in [6.45, 7) is 8.07. The number of aliphatic hydroxyl groups is 2. The van der Waals surface area contributed by atoms with Gasteiger partial charge < -0.3 is 20.8 Å². The summed E-state index contributed by atoms with van der Waals surface area (Å²) in [5.41, 5.74) is 1.56. The van der Waals surface area contributed by atoms with Gasteiger partial charge in [0.25, 0.3) is 5.91 Å². The Hall–Kier alpha value is -1.37. The minimum atomic E-state index is -0.922. The van der Waals surface area contributed by atoms with Crippen molar-refractivity contribution in [1.82, 2.24) is 5.32 Å². The van der Waals surface area contributed by atoms with Crippen LogP contribution in [0.25, 0.3) is 0 Å². The Labute approximate surface area is 203 Å². The number of hydrogen-bond donors (Lipinski definition) is 4. The second-order valence-electron chi connectivity index (χ2n) is 10.6. The molecule has 0 aliphatic rings. The molecule has 1 aromatic carbocycles. The van der Waals surface area contributed by atoms with Crippen LogP contribution < -0.4 is 10.6 Å². The number of benzene rings is 1. The Bertz CT molecular complexity index is 617. The molecule has 5 nitrogen and oxygen atoms in total. The van der Waals surface area contributed by atoms with Crippen molar-refractivity contribution in [2.45, 2.75) is 109 Å². The van der Waals surface area contributed by atoms with Crippen molar-refractivity contribution >= 4 is 19.7 Å². The molecule has 1 aromatic rings. The van der Waals surface area contributed by atoms with E-state index >= 15 is 0 Å². The third-order valence-corrected chi connectivity index (χ3v) is 7.89. The number of amides is 1. The molecule has 0 bridgehead atoms. The quantitative estimate of drug-likeness (QED) is 0.133. The van der Waals surface area contributed by atoms with Gasteiger partial charge in [-0.2, -0.15) is 0 Å². The van der Waals surface area contributed by atoms with E-state index in [0.717, 1.165) is 12.2 Å². The van der Waals surface area contributed by atoms with Gasteiger partial charge in [0.15, 0.2) is 0 Å². The van der Waals surface area contributed by atoms with E-state index in [4.69, 9.17) is 5.11 Å². The fraction of sp³-hybridized carbons (Fsp3) is 0.741. The Kier molecular flexibility index (Phi) is 16.2. The van der Waals surface area contributed by atoms with Gasteiger partial charge in [0, 0.05) is 32.4 Å². The number of aliphatic hydroxyl groups excluding tert-OH is 2. The summed E-state index contributed by atoms with van der Waals surface area (Å²) in [5.74, 6) is -0.244. The van der Waals surface area contributed by atoms with E-state index in [2.05, 4.69) is 30.3 Å². The third-order valence-electron chi connectivity index (χ3n) is 6.04. The number of anilines is 1. The van der Waals surface area contributed by atoms with Crippen molar-refractivity contribution in [3.05, 3.63) is 29.8 Å². The maximum Gasteiger partial charge on any atom is 0.251 e. The second-order valence-corrected chi connectivity index (χ2v) is 16.2. The van der Waals surface area contributed by atoms with Crippen LogP contribution in [0, 0.1) is 0 Å². The summed E-state index contributed by atoms with van der Waals surface area (Å²) in [6.07, 6.45) is 15.5. The molecule has 0 fully saturated rings. The lowest BCUT2D eigenvalue weighted by Gasteiger charge is -2.14. The van der Waals surface area contributed by atoms with Gasteiger partial charge in [-0.1, -0.05) is 96.3 Å². The van der Waals surface area contributed by atoms with E-state index < -0.39 is 14.2 Å². The van der Waals surface area contributed by atoms with Gasteiger partial charge in [-0.15, -0.1) is 0 Å². The van der Waals surface area contributed by atoms with Gasteiger partial charge in [0.1, 0.15) is 0 Å². The zero-order chi connectivity index (χ0) is 24.4. The summed E-state index contributed by atoms with van der Waals surface area (Å²) in [7, 11) is -0.820. The molecule has 1 unspecified atom stereocenters. The fourth-order valence-electron chi connectivity index (χ4n) is 3.90. The molecule has 4 N–H and O–H groups in total. The van der Waals surface area contributed by atoms with Crippen molar-refractivity contribution in [2.24, 2.45) is 0 Å². The van der Waals surface area contributed by atoms with Gasteiger partial charge >= 0.3 is 0 Å². The lowest BCUT2D eigenvalue weighted by Crippen LogP contribution is -2.33. The molecule has 0 heterocycles. The average Bonchev–Trinajstić information content (AvgIpc) is 2.79. The van der Waals surface area contributed by atoms with E-state index in [1.54, 1.807) is 12.1 Å². The summed E-state index contributed by atoms with van der Waals surface area (Å²) >= 11 is 0. The summed E-state index contributed by atoms with van der Waals surface area (Å²) in [5, 5.41) is 24.1. The highest BCUT2D eigenvalue weighted by atomic mass is 28.3. The third kappa shape index (κ3) is 16.8. The average molecular weight is 479 g/mol. The highest BCUT2D eigenvalue weighted by Crippen LogP contribution is 2.17. The minimum absolute atomic E-state index is 0.0498. The van der Waals surface area contributed by atoms with Crippen LogP contribution >= 0.6 is 0 Å². The van der Waals surface area contributed by atoms with Crippen molar-refractivity contribution in [3.8, 4) is 0 Å². The van der Waals surface area contributed by atoms with Crippen molar-refractivity contribution < 1.29 is 15.0 Å². The summed E-state index contributed by atoms with van der Waals surface area (Å²) in [6, 6.07) is 8.85. The van der Waals surface area contributed by atoms with Gasteiger partial charge in [0.2, 0.25) is 0 Å². The van der Waals surface area contributed by atoms with E-state index in [1.807, 2.05) is 12.1 Å². The van der Waals surface area contributed by atoms with Gasteiger partial charge in [-0.3, -0.25) is 4.79 Å². The SMILES string of the molecule is C[Si](C)(C)CCCCCCCCCCCCCCNc1ccc(C(=O)NCC(O)CO)cc1. The molecule has 0 radical (unpaired) electrons. The second kappa shape index (κ2) is 18.0. The molecule has 6 heteroatoms. The fourth-order valence-corrected chi connectivity index (χ4v) is 5.21. The highest BCUT2D eigenvalue weighted by Gasteiger charge is 2.11. The van der Waals surface area contributed by atoms with E-state index in [1.165, 1.54) is 83.1 Å². The monoisotopic (exact) mass is 478 g/mol. The number of nitrogens with one attached hydrogen (secondary N) is 2. The van der Waals surface area contributed by atoms with Crippen LogP contribution in [0.15, 0.2) is 24.3 Å². The number of hydrogen-bond acceptors (Lipinski definition) is 4. The zero-order valence-electron chi connectivity index (χ0n) is 21.5. The normalized spacial score (nSPS) is 12.5. The Morgan fingerprint density at radius 1 is 0.818 bits per heavy atom. The maximum absolute atomic E-state index is 12.0. The van der Waals surface area contributed by atoms with Gasteiger partial charge in [0.05, 0.1) is 12.7 Å². The Balaban J connectivity index is 1.93. The molecule has 0 spiro atoms. The first kappa shape index (κ1) is 29.7. The minimum Gasteiger partial charge on any atom is -0.394 e. The molecule has 0 aliphatic heterocycles. The number of carbonyl (C=O) groups excluding carboxylic acids is 1. The van der Waals surface area contributed by atoms with Crippen molar-refractivity contribution in [2.75, 3.05) is 25.0 Å². The summed E-state index contributed by atoms with van der Waals surface area (Å²) < 4.78 is 0. The van der Waals surface area contributed by atoms with Gasteiger partial charge in [-0.25, -0.2) is 0 Å². The standard InChI is InChI=1S/C27H50N2O3Si/c1-33(2,3)21-15-13-11-9-7-5-4-6-8-10-12-14-20-28-25-18-16-24(17-19-25)27(32)29-22-26(31)23-30/h16-19,26,28,30-31H,4-15,20-23H2,1-3H3,(H,29,32). The molecule has 0 aromatic heterocycles. The molecule has 33 heavy (non-hydrogen) atoms. The first-order valence-corrected chi connectivity index (χ1v) is 16.9. The van der Waals surface area contributed by atoms with Crippen LogP contribution in [0.3, 0.4) is 0 Å². The number of carbonyl (C=O) groups is 1. The Morgan fingerprint density at radius 2 is 1.30 bits per heavy atom. The van der Waals surface area contributed by atoms with Crippen LogP contribution in [0.4, 0.5) is 5.69 Å². The van der Waals surface area contributed by atoms with Crippen LogP contribution in [0.1, 0.15) is 87.4 Å². The van der Waals surface area contributed by atoms with E-state index in [-0.39, 0.29) is 19.1 Å². The van der Waals surface area contributed by atoms with Crippen LogP contribution in [-0.2, 0) is 0 Å². The first-order chi connectivity index (χ1) is 15.8. The molecule has 0 saturated carbocycles. The molecule has 0 saturated heterocycles. The molecule has 190 valence electrons. The van der Waals surface area contributed by atoms with Crippen LogP contribution in [0.5, 0.6) is 0 Å². The van der Waals surface area contributed by atoms with Crippen molar-refractivity contribution in [1.29, 1.82) is 0 Å². The molecule has 1 rings (SSSR count). The molecular weight excluding hydrogens is 428 g/mol. The molecule has 1 amide bonds. The molecule has 1 atom stereocenters. The van der Waals surface area contributed by atoms with Crippen LogP contribution in [0.2, 0.25) is 25.7 Å². The maximum atomic E-state index is 12.0. The molecule has 0 aliphatic carbocycles. The van der Waals surface area contributed by atoms with Gasteiger partial charge in [-0.05, 0) is 30.7 Å². The van der Waals surface area contributed by atoms with Crippen LogP contribution in [-0.4, -0.2) is 50.0 Å². The van der Waals surface area contributed by atoms with E-state index in [0.29, 0.717) is 5.56 Å². The predicted octanol–water partition coefficient (Wildman–Crippen LogP) is 6.20. The number of rotatable bonds is 20. The Morgan fingerprint density at radius 3 is 1.79 bits per heavy atom. The topological polar surface area (TPSA) is 81.6 Å². The summed E-state index contributed by atoms with van der Waals surface area (Å²) in [4.78, 5) is 12.0. The lowest BCUT2D eigenvalue weighted by atomic mass is 10.1. The van der Waals surface area contributed by atoms with Crippen molar-refractivity contribution in [3.63, 3.8) is 0 Å². The largest absolute Gasteiger partial charge is 0.394 e. The number of unbranched alkanes of at least 4 members (excludes halogenated alkanes) is 11. The first-order valence-electron chi connectivity index (χ1n) is 13.2. The lowest BCUT2D eigenvalue weighted by molar-refractivity contribution is 0.0802. The predicted molar refractivity (Wildman–Crippen MR) is 144 cm³/mol.